The molecule has 0 fully saturated rings. The van der Waals surface area contributed by atoms with Gasteiger partial charge in [0.1, 0.15) is 6.04 Å². The predicted octanol–water partition coefficient (Wildman–Crippen LogP) is 5.17. The Morgan fingerprint density at radius 1 is 1.31 bits per heavy atom. The number of rotatable bonds is 7. The van der Waals surface area contributed by atoms with E-state index in [0.717, 1.165) is 4.68 Å². The molecule has 0 saturated carbocycles. The molecule has 1 heterocycles. The molecule has 6 nitrogen and oxygen atoms in total. The van der Waals surface area contributed by atoms with E-state index in [9.17, 15) is 26.7 Å². The van der Waals surface area contributed by atoms with Gasteiger partial charge in [0.05, 0.1) is 16.8 Å². The van der Waals surface area contributed by atoms with E-state index in [4.69, 9.17) is 4.74 Å². The Balaban J connectivity index is 2.25. The van der Waals surface area contributed by atoms with Crippen LogP contribution in [0.25, 0.3) is 0 Å². The highest BCUT2D eigenvalue weighted by molar-refractivity contribution is 9.10. The van der Waals surface area contributed by atoms with Crippen molar-refractivity contribution in [1.29, 1.82) is 0 Å². The lowest BCUT2D eigenvalue weighted by molar-refractivity contribution is -0.142. The summed E-state index contributed by atoms with van der Waals surface area (Å²) in [5, 5.41) is 5.99. The maximum absolute atomic E-state index is 13.0. The summed E-state index contributed by atoms with van der Waals surface area (Å²) in [6.07, 6.45) is -4.68. The van der Waals surface area contributed by atoms with E-state index < -0.39 is 30.4 Å². The van der Waals surface area contributed by atoms with Gasteiger partial charge in [0, 0.05) is 11.8 Å². The van der Waals surface area contributed by atoms with Crippen molar-refractivity contribution in [2.24, 2.45) is 0 Å². The van der Waals surface area contributed by atoms with Gasteiger partial charge in [-0.25, -0.2) is 0 Å². The predicted molar refractivity (Wildman–Crippen MR) is 97.2 cm³/mol. The number of hydrogen-bond acceptors (Lipinski definition) is 4. The molecule has 0 aliphatic carbocycles. The van der Waals surface area contributed by atoms with Crippen molar-refractivity contribution in [2.45, 2.75) is 39.6 Å². The van der Waals surface area contributed by atoms with Gasteiger partial charge in [-0.3, -0.25) is 9.48 Å². The number of nitrogens with one attached hydrogen (secondary N) is 1. The number of anilines is 1. The van der Waals surface area contributed by atoms with Crippen LogP contribution in [0.2, 0.25) is 0 Å². The van der Waals surface area contributed by atoms with Crippen LogP contribution in [0, 0.1) is 6.92 Å². The molecule has 1 unspecified atom stereocenters. The largest absolute Gasteiger partial charge is 0.490 e. The minimum absolute atomic E-state index is 0.0179. The van der Waals surface area contributed by atoms with Crippen molar-refractivity contribution in [3.05, 3.63) is 34.1 Å². The normalized spacial score (nSPS) is 12.8. The summed E-state index contributed by atoms with van der Waals surface area (Å²) in [6, 6.07) is 2.68. The number of alkyl halides is 5. The Bertz CT molecular complexity index is 886. The monoisotopic (exact) mass is 485 g/mol. The van der Waals surface area contributed by atoms with Gasteiger partial charge in [-0.05, 0) is 48.8 Å². The Hall–Kier alpha value is -2.37. The lowest BCUT2D eigenvalue weighted by atomic mass is 10.2. The highest BCUT2D eigenvalue weighted by Gasteiger charge is 2.39. The van der Waals surface area contributed by atoms with Crippen LogP contribution < -0.4 is 14.8 Å². The lowest BCUT2D eigenvalue weighted by Gasteiger charge is -2.16. The summed E-state index contributed by atoms with van der Waals surface area (Å²) in [7, 11) is 0. The van der Waals surface area contributed by atoms with Crippen LogP contribution in [-0.2, 0) is 11.0 Å². The molecule has 1 N–H and O–H groups in total. The summed E-state index contributed by atoms with van der Waals surface area (Å²) in [6.45, 7) is 1.50. The first-order valence-corrected chi connectivity index (χ1v) is 9.09. The minimum Gasteiger partial charge on any atom is -0.490 e. The molecule has 29 heavy (non-hydrogen) atoms. The molecule has 12 heteroatoms. The van der Waals surface area contributed by atoms with E-state index in [2.05, 4.69) is 31.1 Å². The molecule has 1 atom stereocenters. The Morgan fingerprint density at radius 2 is 1.97 bits per heavy atom. The summed E-state index contributed by atoms with van der Waals surface area (Å²) in [4.78, 5) is 12.5. The first-order valence-electron chi connectivity index (χ1n) is 8.30. The van der Waals surface area contributed by atoms with Crippen molar-refractivity contribution in [3.63, 3.8) is 0 Å². The fourth-order valence-corrected chi connectivity index (χ4v) is 2.95. The maximum atomic E-state index is 13.0. The number of benzene rings is 1. The lowest BCUT2D eigenvalue weighted by Crippen LogP contribution is -2.25. The molecule has 0 saturated heterocycles. The van der Waals surface area contributed by atoms with Gasteiger partial charge in [0.15, 0.2) is 17.2 Å². The second-order valence-electron chi connectivity index (χ2n) is 5.83. The second-order valence-corrected chi connectivity index (χ2v) is 6.62. The zero-order valence-electron chi connectivity index (χ0n) is 15.5. The quantitative estimate of drug-likeness (QED) is 0.549. The van der Waals surface area contributed by atoms with Crippen LogP contribution in [0.1, 0.15) is 31.3 Å². The third kappa shape index (κ3) is 5.37. The fraction of sp³-hybridized carbons (Fsp3) is 0.412. The van der Waals surface area contributed by atoms with E-state index in [0.29, 0.717) is 0 Å². The van der Waals surface area contributed by atoms with Crippen molar-refractivity contribution < 1.29 is 36.2 Å². The van der Waals surface area contributed by atoms with Crippen molar-refractivity contribution >= 4 is 27.5 Å². The van der Waals surface area contributed by atoms with Gasteiger partial charge < -0.3 is 14.8 Å². The van der Waals surface area contributed by atoms with Crippen molar-refractivity contribution in [1.82, 2.24) is 9.78 Å². The topological polar surface area (TPSA) is 65.4 Å². The molecule has 0 spiro atoms. The number of ether oxygens (including phenoxy) is 2. The summed E-state index contributed by atoms with van der Waals surface area (Å²) < 4.78 is 74.2. The number of amides is 1. The van der Waals surface area contributed by atoms with Gasteiger partial charge in [0.2, 0.25) is 5.91 Å². The molecule has 1 aromatic heterocycles. The molecule has 1 aromatic carbocycles. The van der Waals surface area contributed by atoms with Crippen LogP contribution in [0.5, 0.6) is 11.5 Å². The van der Waals surface area contributed by atoms with E-state index in [1.807, 2.05) is 0 Å². The van der Waals surface area contributed by atoms with Crippen LogP contribution in [-0.4, -0.2) is 28.9 Å². The number of hydrogen-bond donors (Lipinski definition) is 1. The summed E-state index contributed by atoms with van der Waals surface area (Å²) in [5.41, 5.74) is -0.829. The standard InChI is InChI=1S/C17H17BrF5N3O3/c1-4-28-12-7-10(5-6-11(12)29-16(19)20)24-15(27)9(3)26-8(2)13(18)14(25-26)17(21,22)23/h5-7,9,16H,4H2,1-3H3,(H,24,27). The third-order valence-electron chi connectivity index (χ3n) is 3.82. The van der Waals surface area contributed by atoms with Crippen LogP contribution in [0.3, 0.4) is 0 Å². The second kappa shape index (κ2) is 8.97. The number of carbonyl (C=O) groups excluding carboxylic acids is 1. The molecule has 0 radical (unpaired) electrons. The molecule has 0 bridgehead atoms. The molecule has 2 rings (SSSR count). The molecule has 0 aliphatic heterocycles. The first-order chi connectivity index (χ1) is 13.5. The number of nitrogens with zero attached hydrogens (tertiary/aromatic N) is 2. The number of halogens is 6. The Kier molecular flexibility index (Phi) is 7.09. The van der Waals surface area contributed by atoms with E-state index in [1.54, 1.807) is 6.92 Å². The zero-order chi connectivity index (χ0) is 21.9. The Morgan fingerprint density at radius 3 is 2.48 bits per heavy atom. The molecule has 1 amide bonds. The maximum Gasteiger partial charge on any atom is 0.436 e. The molecular formula is C17H17BrF5N3O3. The van der Waals surface area contributed by atoms with Crippen LogP contribution >= 0.6 is 15.9 Å². The molecule has 160 valence electrons. The molecule has 0 aliphatic rings. The van der Waals surface area contributed by atoms with Crippen LogP contribution in [0.15, 0.2) is 22.7 Å². The summed E-state index contributed by atoms with van der Waals surface area (Å²) >= 11 is 2.85. The van der Waals surface area contributed by atoms with E-state index >= 15 is 0 Å². The highest BCUT2D eigenvalue weighted by Crippen LogP contribution is 2.37. The van der Waals surface area contributed by atoms with Gasteiger partial charge in [0.25, 0.3) is 0 Å². The molecular weight excluding hydrogens is 469 g/mol. The van der Waals surface area contributed by atoms with Crippen LogP contribution in [0.4, 0.5) is 27.6 Å². The van der Waals surface area contributed by atoms with E-state index in [1.165, 1.54) is 32.0 Å². The van der Waals surface area contributed by atoms with Gasteiger partial charge in [-0.15, -0.1) is 0 Å². The third-order valence-corrected chi connectivity index (χ3v) is 4.77. The smallest absolute Gasteiger partial charge is 0.436 e. The first kappa shape index (κ1) is 22.9. The van der Waals surface area contributed by atoms with Crippen molar-refractivity contribution in [3.8, 4) is 11.5 Å². The van der Waals surface area contributed by atoms with Gasteiger partial charge >= 0.3 is 12.8 Å². The zero-order valence-corrected chi connectivity index (χ0v) is 17.1. The number of aromatic nitrogens is 2. The summed E-state index contributed by atoms with van der Waals surface area (Å²) in [5.74, 6) is -0.896. The van der Waals surface area contributed by atoms with Gasteiger partial charge in [-0.2, -0.15) is 27.1 Å². The average molecular weight is 486 g/mol. The minimum atomic E-state index is -4.68. The highest BCUT2D eigenvalue weighted by atomic mass is 79.9. The van der Waals surface area contributed by atoms with Crippen molar-refractivity contribution in [2.75, 3.05) is 11.9 Å². The fourth-order valence-electron chi connectivity index (χ4n) is 2.46. The Labute approximate surface area is 171 Å². The molecule has 2 aromatic rings. The SMILES string of the molecule is CCOc1cc(NC(=O)C(C)n2nc(C(F)(F)F)c(Br)c2C)ccc1OC(F)F. The number of carbonyl (C=O) groups is 1. The van der Waals surface area contributed by atoms with Gasteiger partial charge in [-0.1, -0.05) is 0 Å². The average Bonchev–Trinajstić information content (AvgIpc) is 2.92. The van der Waals surface area contributed by atoms with E-state index in [-0.39, 0.29) is 34.0 Å².